The largest absolute Gasteiger partial charge is 0.326 e. The maximum Gasteiger partial charge on any atom is 0.0644 e. The molecule has 0 radical (unpaired) electrons. The second kappa shape index (κ2) is 11.4. The first-order valence-corrected chi connectivity index (χ1v) is 18.4. The van der Waals surface area contributed by atoms with Gasteiger partial charge in [-0.25, -0.2) is 0 Å². The summed E-state index contributed by atoms with van der Waals surface area (Å²) in [6.07, 6.45) is 19.1. The van der Waals surface area contributed by atoms with Crippen LogP contribution in [0.5, 0.6) is 0 Å². The zero-order valence-corrected chi connectivity index (χ0v) is 25.9. The van der Waals surface area contributed by atoms with E-state index in [1.165, 1.54) is 77.0 Å². The van der Waals surface area contributed by atoms with Gasteiger partial charge in [-0.1, -0.05) is 38.5 Å². The van der Waals surface area contributed by atoms with Crippen molar-refractivity contribution in [2.24, 2.45) is 64.5 Å². The number of rotatable bonds is 0. The summed E-state index contributed by atoms with van der Waals surface area (Å²) in [7, 11) is 0. The van der Waals surface area contributed by atoms with Crippen LogP contribution in [0.4, 0.5) is 0 Å². The van der Waals surface area contributed by atoms with Gasteiger partial charge in [-0.05, 0) is 86.4 Å². The molecular weight excluding hydrogens is 538 g/mol. The molecule has 19 atom stereocenters. The summed E-state index contributed by atoms with van der Waals surface area (Å²) in [6.45, 7) is 0. The monoisotopic (exact) mass is 597 g/mol. The zero-order chi connectivity index (χ0) is 28.8. The Balaban J connectivity index is 1.07. The highest BCUT2D eigenvalue weighted by Crippen LogP contribution is 2.45. The fourth-order valence-electron chi connectivity index (χ4n) is 12.2. The normalized spacial score (nSPS) is 59.7. The molecule has 0 aromatic rings. The van der Waals surface area contributed by atoms with E-state index in [2.05, 4.69) is 42.5 Å². The molecule has 5 heterocycles. The van der Waals surface area contributed by atoms with Gasteiger partial charge in [-0.2, -0.15) is 0 Å². The summed E-state index contributed by atoms with van der Waals surface area (Å²) in [5.74, 6) is 4.57. The van der Waals surface area contributed by atoms with Crippen LogP contribution in [0.15, 0.2) is 0 Å². The molecule has 4 aliphatic carbocycles. The van der Waals surface area contributed by atoms with Crippen molar-refractivity contribution in [2.75, 3.05) is 0 Å². The molecule has 8 bridgehead atoms. The first-order valence-electron chi connectivity index (χ1n) is 18.4. The average molecular weight is 598 g/mol. The quantitative estimate of drug-likeness (QED) is 0.172. The van der Waals surface area contributed by atoms with Crippen molar-refractivity contribution in [3.63, 3.8) is 0 Å². The zero-order valence-electron chi connectivity index (χ0n) is 25.9. The lowest BCUT2D eigenvalue weighted by molar-refractivity contribution is 0.133. The van der Waals surface area contributed by atoms with Gasteiger partial charge in [0.2, 0.25) is 0 Å². The molecule has 19 unspecified atom stereocenters. The Kier molecular flexibility index (Phi) is 7.60. The molecule has 0 spiro atoms. The minimum absolute atomic E-state index is 0.0606. The Morgan fingerprint density at radius 2 is 0.605 bits per heavy atom. The van der Waals surface area contributed by atoms with Gasteiger partial charge in [0.1, 0.15) is 0 Å². The molecule has 9 rings (SSSR count). The van der Waals surface area contributed by atoms with Gasteiger partial charge in [0.25, 0.3) is 0 Å². The smallest absolute Gasteiger partial charge is 0.0644 e. The SMILES string of the molecule is NC1CC2C3NC4NC(NC5NC(NC6NC(NC(N3)C2C(N)C1N)C1CCCCC61)C1CCCCC51)C1CCCCC41. The molecule has 0 aromatic carbocycles. The molecule has 0 amide bonds. The number of nitrogens with one attached hydrogen (secondary N) is 8. The highest BCUT2D eigenvalue weighted by Gasteiger charge is 2.56. The van der Waals surface area contributed by atoms with Crippen molar-refractivity contribution in [1.29, 1.82) is 0 Å². The van der Waals surface area contributed by atoms with Crippen LogP contribution in [-0.4, -0.2) is 67.5 Å². The van der Waals surface area contributed by atoms with Crippen LogP contribution in [0.3, 0.4) is 0 Å². The molecule has 9 aliphatic rings. The summed E-state index contributed by atoms with van der Waals surface area (Å²) in [6, 6.07) is -0.351. The summed E-state index contributed by atoms with van der Waals surface area (Å²) < 4.78 is 0. The van der Waals surface area contributed by atoms with Gasteiger partial charge in [0, 0.05) is 24.0 Å². The second-order valence-corrected chi connectivity index (χ2v) is 16.3. The van der Waals surface area contributed by atoms with Gasteiger partial charge in [-0.15, -0.1) is 0 Å². The minimum Gasteiger partial charge on any atom is -0.326 e. The van der Waals surface area contributed by atoms with E-state index in [1.807, 2.05) is 0 Å². The van der Waals surface area contributed by atoms with Crippen LogP contribution in [-0.2, 0) is 0 Å². The summed E-state index contributed by atoms with van der Waals surface area (Å²) in [4.78, 5) is 0. The third-order valence-corrected chi connectivity index (χ3v) is 14.3. The molecule has 0 aromatic heterocycles. The van der Waals surface area contributed by atoms with Gasteiger partial charge < -0.3 is 17.2 Å². The first-order chi connectivity index (χ1) is 21.0. The van der Waals surface area contributed by atoms with Crippen LogP contribution < -0.4 is 59.7 Å². The van der Waals surface area contributed by atoms with E-state index in [1.54, 1.807) is 0 Å². The lowest BCUT2D eigenvalue weighted by atomic mass is 9.71. The van der Waals surface area contributed by atoms with Crippen LogP contribution in [0.25, 0.3) is 0 Å². The average Bonchev–Trinajstić information content (AvgIpc) is 3.75. The summed E-state index contributed by atoms with van der Waals surface area (Å²) in [5, 5.41) is 33.2. The molecular formula is C32H59N11. The Labute approximate surface area is 257 Å². The molecule has 242 valence electrons. The Bertz CT molecular complexity index is 1020. The van der Waals surface area contributed by atoms with E-state index in [0.717, 1.165) is 6.42 Å². The van der Waals surface area contributed by atoms with Gasteiger partial charge >= 0.3 is 0 Å². The highest BCUT2D eigenvalue weighted by molar-refractivity contribution is 5.12. The van der Waals surface area contributed by atoms with E-state index >= 15 is 0 Å². The van der Waals surface area contributed by atoms with Crippen molar-refractivity contribution in [3.05, 3.63) is 0 Å². The molecule has 9 fully saturated rings. The highest BCUT2D eigenvalue weighted by atomic mass is 15.4. The number of hydrogen-bond donors (Lipinski definition) is 11. The topological polar surface area (TPSA) is 174 Å². The molecule has 4 saturated carbocycles. The number of nitrogens with two attached hydrogens (primary N) is 3. The van der Waals surface area contributed by atoms with Crippen LogP contribution in [0.1, 0.15) is 83.5 Å². The van der Waals surface area contributed by atoms with Crippen molar-refractivity contribution in [2.45, 2.75) is 151 Å². The molecule has 43 heavy (non-hydrogen) atoms. The third-order valence-electron chi connectivity index (χ3n) is 14.3. The Hall–Kier alpha value is -0.440. The van der Waals surface area contributed by atoms with E-state index in [9.17, 15) is 0 Å². The van der Waals surface area contributed by atoms with E-state index in [-0.39, 0.29) is 48.7 Å². The Morgan fingerprint density at radius 3 is 0.930 bits per heavy atom. The predicted molar refractivity (Wildman–Crippen MR) is 167 cm³/mol. The molecule has 5 saturated heterocycles. The molecule has 5 aliphatic heterocycles. The fourth-order valence-corrected chi connectivity index (χ4v) is 12.2. The van der Waals surface area contributed by atoms with Gasteiger partial charge in [-0.3, -0.25) is 42.5 Å². The number of fused-ring (bicyclic) bond motifs is 20. The van der Waals surface area contributed by atoms with Gasteiger partial charge in [0.05, 0.1) is 49.3 Å². The van der Waals surface area contributed by atoms with E-state index < -0.39 is 0 Å². The molecule has 14 N–H and O–H groups in total. The standard InChI is InChI=1S/C32H59N11/c33-21-13-20-22(24(35)23(21)34)32-42-30-19-12-6-5-11-18(19)28(40-30)38-26-15-8-2-1-7-14(15)25(36-26)37-27-16-9-3-4-10-17(16)29(39-27)41-31(20)43-32/h14-32,36-43H,1-13,33-35H2. The van der Waals surface area contributed by atoms with Crippen LogP contribution in [0, 0.1) is 47.3 Å². The summed E-state index contributed by atoms with van der Waals surface area (Å²) >= 11 is 0. The van der Waals surface area contributed by atoms with Crippen molar-refractivity contribution in [3.8, 4) is 0 Å². The third kappa shape index (κ3) is 4.79. The maximum atomic E-state index is 6.98. The lowest BCUT2D eigenvalue weighted by Gasteiger charge is -2.43. The van der Waals surface area contributed by atoms with Crippen LogP contribution in [0.2, 0.25) is 0 Å². The van der Waals surface area contributed by atoms with E-state index in [4.69, 9.17) is 17.2 Å². The van der Waals surface area contributed by atoms with E-state index in [0.29, 0.717) is 66.1 Å². The van der Waals surface area contributed by atoms with Crippen LogP contribution >= 0.6 is 0 Å². The fraction of sp³-hybridized carbons (Fsp3) is 1.00. The Morgan fingerprint density at radius 1 is 0.326 bits per heavy atom. The van der Waals surface area contributed by atoms with Crippen molar-refractivity contribution >= 4 is 0 Å². The summed E-state index contributed by atoms with van der Waals surface area (Å²) in [5.41, 5.74) is 20.3. The first kappa shape index (κ1) is 28.8. The minimum atomic E-state index is -0.167. The molecule has 11 nitrogen and oxygen atoms in total. The lowest BCUT2D eigenvalue weighted by Crippen LogP contribution is -2.66. The number of hydrogen-bond acceptors (Lipinski definition) is 11. The predicted octanol–water partition coefficient (Wildman–Crippen LogP) is -0.583. The second-order valence-electron chi connectivity index (χ2n) is 16.3. The van der Waals surface area contributed by atoms with Crippen molar-refractivity contribution < 1.29 is 0 Å². The van der Waals surface area contributed by atoms with Crippen molar-refractivity contribution in [1.82, 2.24) is 42.5 Å². The van der Waals surface area contributed by atoms with Gasteiger partial charge in [0.15, 0.2) is 0 Å². The maximum absolute atomic E-state index is 6.98. The molecule has 11 heteroatoms.